The quantitative estimate of drug-likeness (QED) is 0.505. The molecule has 0 saturated heterocycles. The first kappa shape index (κ1) is 15.1. The van der Waals surface area contributed by atoms with E-state index in [4.69, 9.17) is 9.72 Å². The van der Waals surface area contributed by atoms with E-state index in [1.54, 1.807) is 0 Å². The average Bonchev–Trinajstić information content (AvgIpc) is 2.67. The van der Waals surface area contributed by atoms with Gasteiger partial charge in [-0.05, 0) is 24.3 Å². The summed E-state index contributed by atoms with van der Waals surface area (Å²) in [6.45, 7) is 0. The third kappa shape index (κ3) is 2.19. The number of esters is 1. The summed E-state index contributed by atoms with van der Waals surface area (Å²) in [6.07, 6.45) is 4.88. The van der Waals surface area contributed by atoms with Gasteiger partial charge in [0.1, 0.15) is 5.41 Å². The Bertz CT molecular complexity index is 910. The average molecular weight is 319 g/mol. The number of aromatic nitrogens is 1. The van der Waals surface area contributed by atoms with E-state index in [1.807, 2.05) is 30.3 Å². The van der Waals surface area contributed by atoms with Gasteiger partial charge in [-0.3, -0.25) is 9.78 Å². The number of para-hydroxylation sites is 1. The predicted octanol–water partition coefficient (Wildman–Crippen LogP) is 4.76. The maximum absolute atomic E-state index is 12.8. The summed E-state index contributed by atoms with van der Waals surface area (Å²) in [4.78, 5) is 17.8. The van der Waals surface area contributed by atoms with Crippen molar-refractivity contribution in [2.75, 3.05) is 7.11 Å². The second-order valence-electron chi connectivity index (χ2n) is 6.66. The zero-order chi connectivity index (χ0) is 16.6. The minimum absolute atomic E-state index is 0.143. The van der Waals surface area contributed by atoms with Gasteiger partial charge in [-0.15, -0.1) is 0 Å². The number of pyridine rings is 1. The van der Waals surface area contributed by atoms with Crippen LogP contribution in [0.1, 0.15) is 37.8 Å². The Kier molecular flexibility index (Phi) is 3.72. The number of benzene rings is 2. The van der Waals surface area contributed by atoms with Crippen molar-refractivity contribution in [1.82, 2.24) is 4.98 Å². The van der Waals surface area contributed by atoms with Crippen LogP contribution in [0.3, 0.4) is 0 Å². The van der Waals surface area contributed by atoms with Crippen LogP contribution < -0.4 is 0 Å². The van der Waals surface area contributed by atoms with Crippen LogP contribution in [-0.2, 0) is 14.9 Å². The number of hydrogen-bond donors (Lipinski definition) is 0. The van der Waals surface area contributed by atoms with Crippen LogP contribution in [0.25, 0.3) is 21.7 Å². The van der Waals surface area contributed by atoms with Crippen LogP contribution >= 0.6 is 0 Å². The Morgan fingerprint density at radius 2 is 1.54 bits per heavy atom. The molecule has 1 aromatic heterocycles. The van der Waals surface area contributed by atoms with Gasteiger partial charge in [-0.1, -0.05) is 61.7 Å². The van der Waals surface area contributed by atoms with E-state index >= 15 is 0 Å². The van der Waals surface area contributed by atoms with Crippen molar-refractivity contribution in [3.63, 3.8) is 0 Å². The first-order valence-corrected chi connectivity index (χ1v) is 8.63. The van der Waals surface area contributed by atoms with Gasteiger partial charge >= 0.3 is 5.97 Å². The SMILES string of the molecule is COC(=O)C1(c2nc3ccccc3c3ccccc23)CCCCC1. The van der Waals surface area contributed by atoms with E-state index in [2.05, 4.69) is 18.2 Å². The first-order chi connectivity index (χ1) is 11.8. The molecule has 4 rings (SSSR count). The highest BCUT2D eigenvalue weighted by molar-refractivity contribution is 6.08. The highest BCUT2D eigenvalue weighted by Gasteiger charge is 2.44. The zero-order valence-corrected chi connectivity index (χ0v) is 13.9. The zero-order valence-electron chi connectivity index (χ0n) is 13.9. The number of nitrogens with zero attached hydrogens (tertiary/aromatic N) is 1. The summed E-state index contributed by atoms with van der Waals surface area (Å²) >= 11 is 0. The minimum Gasteiger partial charge on any atom is -0.468 e. The highest BCUT2D eigenvalue weighted by atomic mass is 16.5. The van der Waals surface area contributed by atoms with Gasteiger partial charge in [0.05, 0.1) is 18.3 Å². The number of ether oxygens (including phenoxy) is 1. The largest absolute Gasteiger partial charge is 0.468 e. The Hall–Kier alpha value is -2.42. The molecule has 1 aliphatic rings. The molecule has 122 valence electrons. The molecule has 0 bridgehead atoms. The lowest BCUT2D eigenvalue weighted by Gasteiger charge is -2.35. The standard InChI is InChI=1S/C21H21NO2/c1-24-20(23)21(13-7-2-8-14-21)19-17-11-4-3-9-15(17)16-10-5-6-12-18(16)22-19/h3-6,9-12H,2,7-8,13-14H2,1H3. The monoisotopic (exact) mass is 319 g/mol. The second-order valence-corrected chi connectivity index (χ2v) is 6.66. The van der Waals surface area contributed by atoms with Gasteiger partial charge in [-0.25, -0.2) is 0 Å². The molecule has 0 N–H and O–H groups in total. The Morgan fingerprint density at radius 1 is 0.917 bits per heavy atom. The molecule has 24 heavy (non-hydrogen) atoms. The van der Waals surface area contributed by atoms with Crippen molar-refractivity contribution in [3.05, 3.63) is 54.2 Å². The fourth-order valence-electron chi connectivity index (χ4n) is 4.16. The third-order valence-corrected chi connectivity index (χ3v) is 5.35. The fraction of sp³-hybridized carbons (Fsp3) is 0.333. The van der Waals surface area contributed by atoms with Crippen LogP contribution in [0, 0.1) is 0 Å². The predicted molar refractivity (Wildman–Crippen MR) is 96.0 cm³/mol. The Balaban J connectivity index is 2.08. The molecule has 0 atom stereocenters. The first-order valence-electron chi connectivity index (χ1n) is 8.63. The maximum Gasteiger partial charge on any atom is 0.317 e. The van der Waals surface area contributed by atoms with Crippen LogP contribution in [-0.4, -0.2) is 18.1 Å². The third-order valence-electron chi connectivity index (χ3n) is 5.35. The molecule has 3 nitrogen and oxygen atoms in total. The summed E-state index contributed by atoms with van der Waals surface area (Å²) in [6, 6.07) is 16.4. The molecule has 1 heterocycles. The van der Waals surface area contributed by atoms with Crippen molar-refractivity contribution >= 4 is 27.6 Å². The number of methoxy groups -OCH3 is 1. The van der Waals surface area contributed by atoms with Gasteiger partial charge in [0.25, 0.3) is 0 Å². The normalized spacial score (nSPS) is 17.0. The lowest BCUT2D eigenvalue weighted by molar-refractivity contribution is -0.149. The van der Waals surface area contributed by atoms with E-state index in [0.29, 0.717) is 0 Å². The molecule has 2 aromatic carbocycles. The second kappa shape index (κ2) is 5.90. The van der Waals surface area contributed by atoms with Gasteiger partial charge in [0.15, 0.2) is 0 Å². The van der Waals surface area contributed by atoms with Crippen LogP contribution in [0.2, 0.25) is 0 Å². The van der Waals surface area contributed by atoms with Gasteiger partial charge in [-0.2, -0.15) is 0 Å². The van der Waals surface area contributed by atoms with Gasteiger partial charge in [0, 0.05) is 10.8 Å². The molecule has 1 aliphatic carbocycles. The van der Waals surface area contributed by atoms with Crippen LogP contribution in [0.5, 0.6) is 0 Å². The molecule has 1 fully saturated rings. The van der Waals surface area contributed by atoms with E-state index in [1.165, 1.54) is 13.5 Å². The number of carbonyl (C=O) groups excluding carboxylic acids is 1. The van der Waals surface area contributed by atoms with Gasteiger partial charge in [0.2, 0.25) is 0 Å². The summed E-state index contributed by atoms with van der Waals surface area (Å²) in [7, 11) is 1.49. The molecule has 0 spiro atoms. The summed E-state index contributed by atoms with van der Waals surface area (Å²) in [5, 5.41) is 3.36. The Labute approximate surface area is 141 Å². The summed E-state index contributed by atoms with van der Waals surface area (Å²) < 4.78 is 5.23. The number of rotatable bonds is 2. The highest BCUT2D eigenvalue weighted by Crippen LogP contribution is 2.43. The maximum atomic E-state index is 12.8. The molecule has 3 heteroatoms. The molecule has 0 radical (unpaired) electrons. The molecule has 0 amide bonds. The van der Waals surface area contributed by atoms with Crippen molar-refractivity contribution < 1.29 is 9.53 Å². The molecule has 3 aromatic rings. The van der Waals surface area contributed by atoms with Crippen molar-refractivity contribution in [3.8, 4) is 0 Å². The topological polar surface area (TPSA) is 39.2 Å². The molecule has 1 saturated carbocycles. The lowest BCUT2D eigenvalue weighted by Crippen LogP contribution is -2.40. The molecular weight excluding hydrogens is 298 g/mol. The van der Waals surface area contributed by atoms with E-state index < -0.39 is 5.41 Å². The Morgan fingerprint density at radius 3 is 2.25 bits per heavy atom. The molecular formula is C21H21NO2. The van der Waals surface area contributed by atoms with Crippen molar-refractivity contribution in [1.29, 1.82) is 0 Å². The smallest absolute Gasteiger partial charge is 0.317 e. The summed E-state index contributed by atoms with van der Waals surface area (Å²) in [5.74, 6) is -0.143. The number of fused-ring (bicyclic) bond motifs is 3. The number of hydrogen-bond acceptors (Lipinski definition) is 3. The van der Waals surface area contributed by atoms with Crippen LogP contribution in [0.4, 0.5) is 0 Å². The van der Waals surface area contributed by atoms with E-state index in [-0.39, 0.29) is 5.97 Å². The van der Waals surface area contributed by atoms with E-state index in [0.717, 1.165) is 53.1 Å². The van der Waals surface area contributed by atoms with E-state index in [9.17, 15) is 4.79 Å². The number of carbonyl (C=O) groups is 1. The summed E-state index contributed by atoms with van der Waals surface area (Å²) in [5.41, 5.74) is 1.22. The van der Waals surface area contributed by atoms with Crippen molar-refractivity contribution in [2.45, 2.75) is 37.5 Å². The molecule has 0 unspecified atom stereocenters. The van der Waals surface area contributed by atoms with Crippen LogP contribution in [0.15, 0.2) is 48.5 Å². The van der Waals surface area contributed by atoms with Crippen molar-refractivity contribution in [2.24, 2.45) is 0 Å². The van der Waals surface area contributed by atoms with Gasteiger partial charge < -0.3 is 4.74 Å². The minimum atomic E-state index is -0.614. The lowest BCUT2D eigenvalue weighted by atomic mass is 9.70. The fourth-order valence-corrected chi connectivity index (χ4v) is 4.16. The molecule has 0 aliphatic heterocycles.